The molecule has 0 radical (unpaired) electrons. The van der Waals surface area contributed by atoms with E-state index in [2.05, 4.69) is 15.3 Å². The van der Waals surface area contributed by atoms with Crippen molar-refractivity contribution in [2.75, 3.05) is 0 Å². The molecule has 1 fully saturated rings. The Morgan fingerprint density at radius 1 is 1.16 bits per heavy atom. The number of halogens is 5. The Labute approximate surface area is 221 Å². The third-order valence-electron chi connectivity index (χ3n) is 6.51. The van der Waals surface area contributed by atoms with Gasteiger partial charge in [0, 0.05) is 34.8 Å². The first-order valence-corrected chi connectivity index (χ1v) is 12.5. The Hall–Kier alpha value is -3.24. The number of carbonyl (C=O) groups is 1. The van der Waals surface area contributed by atoms with Gasteiger partial charge in [0.05, 0.1) is 23.8 Å². The van der Waals surface area contributed by atoms with Gasteiger partial charge in [0.1, 0.15) is 11.6 Å². The second kappa shape index (κ2) is 11.7. The number of rotatable bonds is 7. The average Bonchev–Trinajstić information content (AvgIpc) is 2.85. The van der Waals surface area contributed by atoms with Gasteiger partial charge in [-0.15, -0.1) is 0 Å². The molecule has 4 rings (SSSR count). The highest BCUT2D eigenvalue weighted by atomic mass is 35.5. The summed E-state index contributed by atoms with van der Waals surface area (Å²) in [6.45, 7) is 1.53. The summed E-state index contributed by atoms with van der Waals surface area (Å²) in [6.07, 6.45) is -2.40. The standard InChI is InChI=1S/C27H26ClF4N3O3/c1-15-11-22(36)35-25(34-15)23-21(27(30,31)32)10-7-18(24(23)29)13-33-26(37)17-5-8-20(9-6-17)38-14-16-3-2-4-19(28)12-16/h2-4,7,10-12,17,20H,5-6,8-9,13-14H2,1H3,(H,33,37)(H,34,35,36). The molecule has 1 saturated carbocycles. The van der Waals surface area contributed by atoms with Gasteiger partial charge < -0.3 is 15.0 Å². The Bertz CT molecular complexity index is 1370. The molecule has 2 aromatic carbocycles. The van der Waals surface area contributed by atoms with E-state index in [-0.39, 0.29) is 35.7 Å². The predicted molar refractivity (Wildman–Crippen MR) is 134 cm³/mol. The summed E-state index contributed by atoms with van der Waals surface area (Å²) in [5.41, 5.74) is -1.88. The third kappa shape index (κ3) is 6.79. The van der Waals surface area contributed by atoms with E-state index in [9.17, 15) is 22.8 Å². The molecule has 1 heterocycles. The van der Waals surface area contributed by atoms with Gasteiger partial charge in [-0.25, -0.2) is 9.37 Å². The molecular weight excluding hydrogens is 526 g/mol. The number of benzene rings is 2. The molecule has 0 atom stereocenters. The number of H-pyrrole nitrogens is 1. The Morgan fingerprint density at radius 3 is 2.55 bits per heavy atom. The van der Waals surface area contributed by atoms with Crippen LogP contribution in [-0.4, -0.2) is 22.0 Å². The highest BCUT2D eigenvalue weighted by molar-refractivity contribution is 6.30. The zero-order valence-electron chi connectivity index (χ0n) is 20.5. The van der Waals surface area contributed by atoms with Gasteiger partial charge in [-0.05, 0) is 56.4 Å². The Morgan fingerprint density at radius 2 is 1.89 bits per heavy atom. The quantitative estimate of drug-likeness (QED) is 0.356. The first-order valence-electron chi connectivity index (χ1n) is 12.1. The maximum absolute atomic E-state index is 15.4. The molecule has 1 aromatic heterocycles. The van der Waals surface area contributed by atoms with Gasteiger partial charge in [-0.1, -0.05) is 29.8 Å². The molecule has 0 bridgehead atoms. The van der Waals surface area contributed by atoms with Crippen LogP contribution in [0.2, 0.25) is 5.02 Å². The number of carbonyl (C=O) groups excluding carboxylic acids is 1. The fourth-order valence-corrected chi connectivity index (χ4v) is 4.79. The number of nitrogens with one attached hydrogen (secondary N) is 2. The Kier molecular flexibility index (Phi) is 8.52. The van der Waals surface area contributed by atoms with E-state index in [0.717, 1.165) is 23.8 Å². The smallest absolute Gasteiger partial charge is 0.374 e. The lowest BCUT2D eigenvalue weighted by atomic mass is 9.86. The number of aromatic nitrogens is 2. The van der Waals surface area contributed by atoms with E-state index >= 15 is 4.39 Å². The number of nitrogens with zero attached hydrogens (tertiary/aromatic N) is 1. The maximum atomic E-state index is 15.4. The summed E-state index contributed by atoms with van der Waals surface area (Å²) in [5, 5.41) is 3.27. The summed E-state index contributed by atoms with van der Waals surface area (Å²) in [5.74, 6) is -2.34. The second-order valence-electron chi connectivity index (χ2n) is 9.33. The number of hydrogen-bond acceptors (Lipinski definition) is 4. The van der Waals surface area contributed by atoms with Crippen molar-refractivity contribution in [3.63, 3.8) is 0 Å². The van der Waals surface area contributed by atoms with Crippen LogP contribution in [0.5, 0.6) is 0 Å². The molecule has 3 aromatic rings. The van der Waals surface area contributed by atoms with E-state index in [1.807, 2.05) is 18.2 Å². The molecule has 2 N–H and O–H groups in total. The van der Waals surface area contributed by atoms with Crippen molar-refractivity contribution in [2.45, 2.75) is 58.0 Å². The number of hydrogen-bond donors (Lipinski definition) is 2. The van der Waals surface area contributed by atoms with Gasteiger partial charge in [-0.3, -0.25) is 9.59 Å². The zero-order chi connectivity index (χ0) is 27.4. The van der Waals surface area contributed by atoms with Crippen molar-refractivity contribution in [1.29, 1.82) is 0 Å². The van der Waals surface area contributed by atoms with Crippen molar-refractivity contribution in [3.8, 4) is 11.4 Å². The molecule has 0 aliphatic heterocycles. The normalized spacial score (nSPS) is 17.8. The fourth-order valence-electron chi connectivity index (χ4n) is 4.58. The van der Waals surface area contributed by atoms with Crippen LogP contribution in [0.3, 0.4) is 0 Å². The van der Waals surface area contributed by atoms with Crippen LogP contribution in [0.4, 0.5) is 17.6 Å². The minimum Gasteiger partial charge on any atom is -0.374 e. The maximum Gasteiger partial charge on any atom is 0.417 e. The summed E-state index contributed by atoms with van der Waals surface area (Å²) in [7, 11) is 0. The SMILES string of the molecule is Cc1cc(=O)[nH]c(-c2c(C(F)(F)F)ccc(CNC(=O)C3CCC(OCc4cccc(Cl)c4)CC3)c2F)n1. The van der Waals surface area contributed by atoms with Crippen LogP contribution >= 0.6 is 11.6 Å². The number of aryl methyl sites for hydroxylation is 1. The molecule has 0 unspecified atom stereocenters. The number of aromatic amines is 1. The molecule has 1 aliphatic rings. The van der Waals surface area contributed by atoms with E-state index in [0.29, 0.717) is 37.3 Å². The molecule has 1 amide bonds. The monoisotopic (exact) mass is 551 g/mol. The third-order valence-corrected chi connectivity index (χ3v) is 6.74. The van der Waals surface area contributed by atoms with Crippen LogP contribution in [0.1, 0.15) is 48.1 Å². The molecule has 38 heavy (non-hydrogen) atoms. The lowest BCUT2D eigenvalue weighted by molar-refractivity contribution is -0.137. The molecule has 0 saturated heterocycles. The van der Waals surface area contributed by atoms with Crippen molar-refractivity contribution < 1.29 is 27.1 Å². The van der Waals surface area contributed by atoms with E-state index < -0.39 is 34.5 Å². The van der Waals surface area contributed by atoms with Gasteiger partial charge in [0.15, 0.2) is 0 Å². The summed E-state index contributed by atoms with van der Waals surface area (Å²) >= 11 is 5.99. The molecule has 6 nitrogen and oxygen atoms in total. The Balaban J connectivity index is 1.40. The summed E-state index contributed by atoms with van der Waals surface area (Å²) < 4.78 is 62.2. The van der Waals surface area contributed by atoms with Gasteiger partial charge >= 0.3 is 6.18 Å². The summed E-state index contributed by atoms with van der Waals surface area (Å²) in [4.78, 5) is 30.6. The average molecular weight is 552 g/mol. The number of ether oxygens (including phenoxy) is 1. The van der Waals surface area contributed by atoms with E-state index in [1.54, 1.807) is 6.07 Å². The molecule has 202 valence electrons. The van der Waals surface area contributed by atoms with Crippen LogP contribution in [-0.2, 0) is 28.9 Å². The van der Waals surface area contributed by atoms with E-state index in [4.69, 9.17) is 16.3 Å². The van der Waals surface area contributed by atoms with Crippen LogP contribution in [0.15, 0.2) is 47.3 Å². The second-order valence-corrected chi connectivity index (χ2v) is 9.76. The molecule has 0 spiro atoms. The zero-order valence-corrected chi connectivity index (χ0v) is 21.3. The minimum atomic E-state index is -4.88. The van der Waals surface area contributed by atoms with Crippen molar-refractivity contribution in [1.82, 2.24) is 15.3 Å². The lowest BCUT2D eigenvalue weighted by Crippen LogP contribution is -2.34. The van der Waals surface area contributed by atoms with Crippen LogP contribution in [0.25, 0.3) is 11.4 Å². The highest BCUT2D eigenvalue weighted by Gasteiger charge is 2.37. The largest absolute Gasteiger partial charge is 0.417 e. The van der Waals surface area contributed by atoms with Gasteiger partial charge in [-0.2, -0.15) is 13.2 Å². The van der Waals surface area contributed by atoms with Crippen molar-refractivity contribution in [3.05, 3.63) is 86.0 Å². The minimum absolute atomic E-state index is 0.00284. The molecule has 1 aliphatic carbocycles. The van der Waals surface area contributed by atoms with Crippen LogP contribution < -0.4 is 10.9 Å². The van der Waals surface area contributed by atoms with Crippen LogP contribution in [0, 0.1) is 18.7 Å². The predicted octanol–water partition coefficient (Wildman–Crippen LogP) is 5.95. The topological polar surface area (TPSA) is 84.1 Å². The van der Waals surface area contributed by atoms with E-state index in [1.165, 1.54) is 6.92 Å². The first-order chi connectivity index (χ1) is 18.0. The lowest BCUT2D eigenvalue weighted by Gasteiger charge is -2.28. The fraction of sp³-hybridized carbons (Fsp3) is 0.370. The van der Waals surface area contributed by atoms with Gasteiger partial charge in [0.25, 0.3) is 5.56 Å². The van der Waals surface area contributed by atoms with Crippen molar-refractivity contribution >= 4 is 17.5 Å². The number of amides is 1. The number of alkyl halides is 3. The van der Waals surface area contributed by atoms with Gasteiger partial charge in [0.2, 0.25) is 5.91 Å². The molecule has 11 heteroatoms. The van der Waals surface area contributed by atoms with Crippen molar-refractivity contribution in [2.24, 2.45) is 5.92 Å². The summed E-state index contributed by atoms with van der Waals surface area (Å²) in [6, 6.07) is 10.2. The first kappa shape index (κ1) is 27.8. The highest BCUT2D eigenvalue weighted by Crippen LogP contribution is 2.38. The molecular formula is C27H26ClF4N3O3.